The second-order valence-corrected chi connectivity index (χ2v) is 3.38. The molecule has 0 bridgehead atoms. The molecule has 0 spiro atoms. The monoisotopic (exact) mass is 157 g/mol. The Balaban J connectivity index is 2.24. The Morgan fingerprint density at radius 3 is 2.45 bits per heavy atom. The molecule has 0 aromatic carbocycles. The first-order chi connectivity index (χ1) is 5.15. The second kappa shape index (κ2) is 3.11. The normalized spacial score (nSPS) is 18.4. The number of carbonyl (C=O) groups is 1. The van der Waals surface area contributed by atoms with Gasteiger partial charge in [-0.05, 0) is 11.8 Å². The highest BCUT2D eigenvalue weighted by Crippen LogP contribution is 2.23. The first-order valence-corrected chi connectivity index (χ1v) is 3.98. The van der Waals surface area contributed by atoms with Gasteiger partial charge in [0.05, 0.1) is 7.11 Å². The van der Waals surface area contributed by atoms with Crippen LogP contribution >= 0.6 is 0 Å². The van der Waals surface area contributed by atoms with Gasteiger partial charge in [-0.15, -0.1) is 0 Å². The van der Waals surface area contributed by atoms with Crippen LogP contribution in [0.1, 0.15) is 13.8 Å². The molecular weight excluding hydrogens is 142 g/mol. The Bertz CT molecular complexity index is 150. The average Bonchev–Trinajstić information content (AvgIpc) is 1.83. The fourth-order valence-corrected chi connectivity index (χ4v) is 1.21. The van der Waals surface area contributed by atoms with E-state index in [-0.39, 0.29) is 6.09 Å². The molecule has 1 rings (SSSR count). The molecule has 0 aromatic heterocycles. The lowest BCUT2D eigenvalue weighted by Crippen LogP contribution is -2.51. The third-order valence-electron chi connectivity index (χ3n) is 2.29. The fourth-order valence-electron chi connectivity index (χ4n) is 1.21. The van der Waals surface area contributed by atoms with Crippen LogP contribution in [0.15, 0.2) is 0 Å². The van der Waals surface area contributed by atoms with E-state index in [1.54, 1.807) is 4.90 Å². The standard InChI is InChI=1S/C8H15NO2/c1-6(2)7-4-9(5-7)8(10)11-3/h6-7H,4-5H2,1-3H3. The molecule has 3 heteroatoms. The highest BCUT2D eigenvalue weighted by molar-refractivity contribution is 5.68. The minimum absolute atomic E-state index is 0.193. The Morgan fingerprint density at radius 2 is 2.09 bits per heavy atom. The zero-order valence-corrected chi connectivity index (χ0v) is 7.33. The molecule has 1 aliphatic heterocycles. The van der Waals surface area contributed by atoms with Gasteiger partial charge in [0.2, 0.25) is 0 Å². The van der Waals surface area contributed by atoms with Crippen LogP contribution in [0.2, 0.25) is 0 Å². The van der Waals surface area contributed by atoms with Gasteiger partial charge in [0.25, 0.3) is 0 Å². The third kappa shape index (κ3) is 1.64. The number of ether oxygens (including phenoxy) is 1. The van der Waals surface area contributed by atoms with Gasteiger partial charge in [0, 0.05) is 13.1 Å². The van der Waals surface area contributed by atoms with E-state index in [1.165, 1.54) is 7.11 Å². The number of nitrogens with zero attached hydrogens (tertiary/aromatic N) is 1. The summed E-state index contributed by atoms with van der Waals surface area (Å²) in [5.41, 5.74) is 0. The van der Waals surface area contributed by atoms with Crippen molar-refractivity contribution in [1.29, 1.82) is 0 Å². The molecule has 0 radical (unpaired) electrons. The van der Waals surface area contributed by atoms with E-state index in [9.17, 15) is 4.79 Å². The summed E-state index contributed by atoms with van der Waals surface area (Å²) in [6.45, 7) is 6.09. The number of methoxy groups -OCH3 is 1. The number of hydrogen-bond donors (Lipinski definition) is 0. The van der Waals surface area contributed by atoms with Gasteiger partial charge in [-0.2, -0.15) is 0 Å². The topological polar surface area (TPSA) is 29.5 Å². The molecule has 11 heavy (non-hydrogen) atoms. The van der Waals surface area contributed by atoms with E-state index in [2.05, 4.69) is 18.6 Å². The predicted octanol–water partition coefficient (Wildman–Crippen LogP) is 1.34. The average molecular weight is 157 g/mol. The molecule has 64 valence electrons. The molecule has 0 aromatic rings. The summed E-state index contributed by atoms with van der Waals surface area (Å²) in [6.07, 6.45) is -0.193. The maximum Gasteiger partial charge on any atom is 0.409 e. The molecular formula is C8H15NO2. The Morgan fingerprint density at radius 1 is 1.55 bits per heavy atom. The summed E-state index contributed by atoms with van der Waals surface area (Å²) in [5, 5.41) is 0. The highest BCUT2D eigenvalue weighted by atomic mass is 16.5. The first kappa shape index (κ1) is 8.37. The van der Waals surface area contributed by atoms with E-state index in [0.717, 1.165) is 13.1 Å². The third-order valence-corrected chi connectivity index (χ3v) is 2.29. The molecule has 1 aliphatic rings. The molecule has 1 amide bonds. The van der Waals surface area contributed by atoms with E-state index in [0.29, 0.717) is 11.8 Å². The lowest BCUT2D eigenvalue weighted by atomic mass is 9.89. The van der Waals surface area contributed by atoms with Gasteiger partial charge in [-0.25, -0.2) is 4.79 Å². The maximum absolute atomic E-state index is 10.9. The van der Waals surface area contributed by atoms with Gasteiger partial charge in [0.1, 0.15) is 0 Å². The molecule has 0 unspecified atom stereocenters. The van der Waals surface area contributed by atoms with Gasteiger partial charge in [0.15, 0.2) is 0 Å². The minimum atomic E-state index is -0.193. The van der Waals surface area contributed by atoms with Gasteiger partial charge in [-0.3, -0.25) is 0 Å². The SMILES string of the molecule is COC(=O)N1CC(C(C)C)C1. The van der Waals surface area contributed by atoms with Crippen molar-refractivity contribution in [2.24, 2.45) is 11.8 Å². The predicted molar refractivity (Wildman–Crippen MR) is 42.3 cm³/mol. The summed E-state index contributed by atoms with van der Waals surface area (Å²) in [7, 11) is 1.42. The highest BCUT2D eigenvalue weighted by Gasteiger charge is 2.32. The molecule has 3 nitrogen and oxygen atoms in total. The second-order valence-electron chi connectivity index (χ2n) is 3.38. The zero-order valence-electron chi connectivity index (χ0n) is 7.33. The first-order valence-electron chi connectivity index (χ1n) is 3.98. The van der Waals surface area contributed by atoms with Crippen molar-refractivity contribution < 1.29 is 9.53 Å². The fraction of sp³-hybridized carbons (Fsp3) is 0.875. The minimum Gasteiger partial charge on any atom is -0.453 e. The van der Waals surface area contributed by atoms with E-state index < -0.39 is 0 Å². The van der Waals surface area contributed by atoms with Crippen LogP contribution in [0.3, 0.4) is 0 Å². The number of carbonyl (C=O) groups excluding carboxylic acids is 1. The summed E-state index contributed by atoms with van der Waals surface area (Å²) >= 11 is 0. The van der Waals surface area contributed by atoms with Crippen LogP contribution in [0.5, 0.6) is 0 Å². The van der Waals surface area contributed by atoms with Crippen molar-refractivity contribution in [3.63, 3.8) is 0 Å². The van der Waals surface area contributed by atoms with E-state index >= 15 is 0 Å². The van der Waals surface area contributed by atoms with Crippen molar-refractivity contribution in [2.75, 3.05) is 20.2 Å². The molecule has 0 N–H and O–H groups in total. The van der Waals surface area contributed by atoms with Crippen LogP contribution in [-0.2, 0) is 4.74 Å². The Labute approximate surface area is 67.3 Å². The van der Waals surface area contributed by atoms with Gasteiger partial charge in [-0.1, -0.05) is 13.8 Å². The summed E-state index contributed by atoms with van der Waals surface area (Å²) < 4.78 is 4.57. The van der Waals surface area contributed by atoms with Crippen LogP contribution in [0, 0.1) is 11.8 Å². The van der Waals surface area contributed by atoms with Gasteiger partial charge < -0.3 is 9.64 Å². The molecule has 1 saturated heterocycles. The van der Waals surface area contributed by atoms with Crippen LogP contribution < -0.4 is 0 Å². The molecule has 0 saturated carbocycles. The number of likely N-dealkylation sites (tertiary alicyclic amines) is 1. The number of rotatable bonds is 1. The van der Waals surface area contributed by atoms with E-state index in [4.69, 9.17) is 0 Å². The smallest absolute Gasteiger partial charge is 0.409 e. The molecule has 0 aliphatic carbocycles. The summed E-state index contributed by atoms with van der Waals surface area (Å²) in [4.78, 5) is 12.6. The van der Waals surface area contributed by atoms with E-state index in [1.807, 2.05) is 0 Å². The molecule has 1 fully saturated rings. The Kier molecular flexibility index (Phi) is 2.37. The van der Waals surface area contributed by atoms with Gasteiger partial charge >= 0.3 is 6.09 Å². The van der Waals surface area contributed by atoms with Crippen LogP contribution in [-0.4, -0.2) is 31.2 Å². The Hall–Kier alpha value is -0.730. The number of amides is 1. The van der Waals surface area contributed by atoms with Crippen molar-refractivity contribution in [3.05, 3.63) is 0 Å². The largest absolute Gasteiger partial charge is 0.453 e. The number of hydrogen-bond acceptors (Lipinski definition) is 2. The lowest BCUT2D eigenvalue weighted by Gasteiger charge is -2.40. The van der Waals surface area contributed by atoms with Crippen molar-refractivity contribution in [1.82, 2.24) is 4.90 Å². The summed E-state index contributed by atoms with van der Waals surface area (Å²) in [6, 6.07) is 0. The summed E-state index contributed by atoms with van der Waals surface area (Å²) in [5.74, 6) is 1.35. The zero-order chi connectivity index (χ0) is 8.43. The van der Waals surface area contributed by atoms with Crippen molar-refractivity contribution in [3.8, 4) is 0 Å². The molecule has 1 heterocycles. The maximum atomic E-state index is 10.9. The van der Waals surface area contributed by atoms with Crippen molar-refractivity contribution >= 4 is 6.09 Å². The quantitative estimate of drug-likeness (QED) is 0.575. The van der Waals surface area contributed by atoms with Crippen LogP contribution in [0.25, 0.3) is 0 Å². The molecule has 0 atom stereocenters. The van der Waals surface area contributed by atoms with Crippen molar-refractivity contribution in [2.45, 2.75) is 13.8 Å². The van der Waals surface area contributed by atoms with Crippen LogP contribution in [0.4, 0.5) is 4.79 Å². The lowest BCUT2D eigenvalue weighted by molar-refractivity contribution is 0.0511.